The summed E-state index contributed by atoms with van der Waals surface area (Å²) in [5, 5.41) is 136. The summed E-state index contributed by atoms with van der Waals surface area (Å²) in [6.45, 7) is 2.18. The number of unbranched alkanes of at least 4 members (excludes halogenated alkanes) is 40. The molecule has 3 rings (SSSR count). The van der Waals surface area contributed by atoms with E-state index in [0.717, 1.165) is 51.9 Å². The van der Waals surface area contributed by atoms with Crippen LogP contribution in [0.15, 0.2) is 24.3 Å². The van der Waals surface area contributed by atoms with Crippen molar-refractivity contribution in [3.8, 4) is 0 Å². The van der Waals surface area contributed by atoms with Crippen molar-refractivity contribution >= 4 is 17.8 Å². The van der Waals surface area contributed by atoms with E-state index in [1.165, 1.54) is 218 Å². The second-order valence-electron chi connectivity index (χ2n) is 28.9. The lowest BCUT2D eigenvalue weighted by molar-refractivity contribution is -0.386. The van der Waals surface area contributed by atoms with E-state index in [0.29, 0.717) is 12.8 Å². The van der Waals surface area contributed by atoms with Gasteiger partial charge >= 0.3 is 5.97 Å². The maximum absolute atomic E-state index is 13.5. The maximum Gasteiger partial charge on any atom is 0.364 e. The molecule has 0 bridgehead atoms. The first-order valence-corrected chi connectivity index (χ1v) is 39.7. The SMILES string of the molecule is CCCCCCCCCCCCCC/C=C\CCCCCCCCCCCCCCCC(=O)NC(COC1OC(CO)C(OC2OC(CO)C(O)C(OC3(C(=O)O)CC(O)C(NC(C)=O)C(C(O)C(O)CO)O3)C2O)C(O)C1O)C(O)/C=C/CCCCCCCCCCCCCCCCC. The Balaban J connectivity index is 1.50. The first-order chi connectivity index (χ1) is 48.4. The number of aliphatic hydroxyl groups is 11. The van der Waals surface area contributed by atoms with Gasteiger partial charge in [0.2, 0.25) is 11.8 Å². The van der Waals surface area contributed by atoms with Gasteiger partial charge in [0.05, 0.1) is 50.7 Å². The van der Waals surface area contributed by atoms with E-state index in [1.54, 1.807) is 6.08 Å². The fraction of sp³-hybridized carbons (Fsp3) is 0.909. The molecule has 18 unspecified atom stereocenters. The lowest BCUT2D eigenvalue weighted by atomic mass is 9.88. The number of hydrogen-bond acceptors (Lipinski definition) is 20. The van der Waals surface area contributed by atoms with Crippen LogP contribution in [0.1, 0.15) is 310 Å². The Labute approximate surface area is 600 Å². The Morgan fingerprint density at radius 3 is 1.36 bits per heavy atom. The van der Waals surface area contributed by atoms with Crippen LogP contribution in [0, 0.1) is 0 Å². The Morgan fingerprint density at radius 1 is 0.520 bits per heavy atom. The monoisotopic (exact) mass is 1430 g/mol. The molecule has 3 aliphatic rings. The van der Waals surface area contributed by atoms with Crippen molar-refractivity contribution in [2.75, 3.05) is 26.4 Å². The number of carboxylic acid groups (broad SMARTS) is 1. The van der Waals surface area contributed by atoms with E-state index in [-0.39, 0.29) is 12.3 Å². The van der Waals surface area contributed by atoms with Gasteiger partial charge in [-0.1, -0.05) is 269 Å². The van der Waals surface area contributed by atoms with E-state index in [4.69, 9.17) is 28.4 Å². The van der Waals surface area contributed by atoms with Crippen LogP contribution >= 0.6 is 0 Å². The van der Waals surface area contributed by atoms with Gasteiger partial charge in [-0.25, -0.2) is 4.79 Å². The maximum atomic E-state index is 13.5. The lowest BCUT2D eigenvalue weighted by Crippen LogP contribution is -2.70. The molecule has 0 aliphatic carbocycles. The Hall–Kier alpha value is -2.79. The molecule has 23 nitrogen and oxygen atoms in total. The van der Waals surface area contributed by atoms with Crippen molar-refractivity contribution < 1.29 is 104 Å². The zero-order valence-corrected chi connectivity index (χ0v) is 61.8. The van der Waals surface area contributed by atoms with Gasteiger partial charge in [-0.15, -0.1) is 0 Å². The third kappa shape index (κ3) is 37.0. The number of aliphatic carboxylic acids is 1. The number of hydrogen-bond donors (Lipinski definition) is 14. The average molecular weight is 1430 g/mol. The minimum Gasteiger partial charge on any atom is -0.477 e. The molecule has 3 fully saturated rings. The van der Waals surface area contributed by atoms with E-state index in [2.05, 4.69) is 36.6 Å². The highest BCUT2D eigenvalue weighted by atomic mass is 16.8. The van der Waals surface area contributed by atoms with Gasteiger partial charge in [-0.05, 0) is 44.9 Å². The molecule has 0 aromatic rings. The van der Waals surface area contributed by atoms with Gasteiger partial charge < -0.3 is 100 Å². The number of rotatable bonds is 62. The second kappa shape index (κ2) is 56.5. The molecule has 100 heavy (non-hydrogen) atoms. The summed E-state index contributed by atoms with van der Waals surface area (Å²) in [5.41, 5.74) is 0. The fourth-order valence-electron chi connectivity index (χ4n) is 13.8. The predicted molar refractivity (Wildman–Crippen MR) is 385 cm³/mol. The van der Waals surface area contributed by atoms with Gasteiger partial charge in [0, 0.05) is 19.8 Å². The smallest absolute Gasteiger partial charge is 0.364 e. The molecule has 0 radical (unpaired) electrons. The van der Waals surface area contributed by atoms with E-state index in [1.807, 2.05) is 6.08 Å². The first-order valence-electron chi connectivity index (χ1n) is 39.7. The molecule has 18 atom stereocenters. The third-order valence-electron chi connectivity index (χ3n) is 20.1. The molecule has 3 saturated heterocycles. The molecular weight excluding hydrogens is 1290 g/mol. The molecule has 0 saturated carbocycles. The summed E-state index contributed by atoms with van der Waals surface area (Å²) >= 11 is 0. The van der Waals surface area contributed by atoms with Crippen LogP contribution in [0.25, 0.3) is 0 Å². The van der Waals surface area contributed by atoms with Crippen LogP contribution in [0.2, 0.25) is 0 Å². The molecule has 2 amide bonds. The van der Waals surface area contributed by atoms with Crippen LogP contribution in [-0.2, 0) is 42.8 Å². The first kappa shape index (κ1) is 91.4. The second-order valence-corrected chi connectivity index (χ2v) is 28.9. The fourth-order valence-corrected chi connectivity index (χ4v) is 13.8. The van der Waals surface area contributed by atoms with Crippen LogP contribution in [-0.4, -0.2) is 215 Å². The number of allylic oxidation sites excluding steroid dienone is 3. The van der Waals surface area contributed by atoms with Gasteiger partial charge in [-0.2, -0.15) is 0 Å². The summed E-state index contributed by atoms with van der Waals surface area (Å²) in [4.78, 5) is 38.7. The summed E-state index contributed by atoms with van der Waals surface area (Å²) in [7, 11) is 0. The summed E-state index contributed by atoms with van der Waals surface area (Å²) < 4.78 is 34.9. The van der Waals surface area contributed by atoms with Crippen molar-refractivity contribution in [3.63, 3.8) is 0 Å². The van der Waals surface area contributed by atoms with Gasteiger partial charge in [-0.3, -0.25) is 9.59 Å². The minimum absolute atomic E-state index is 0.202. The van der Waals surface area contributed by atoms with E-state index >= 15 is 0 Å². The molecule has 14 N–H and O–H groups in total. The largest absolute Gasteiger partial charge is 0.477 e. The Bertz CT molecular complexity index is 2100. The lowest BCUT2D eigenvalue weighted by Gasteiger charge is -2.50. The van der Waals surface area contributed by atoms with Crippen molar-refractivity contribution in [1.82, 2.24) is 10.6 Å². The van der Waals surface area contributed by atoms with Crippen molar-refractivity contribution in [1.29, 1.82) is 0 Å². The van der Waals surface area contributed by atoms with Crippen LogP contribution in [0.5, 0.6) is 0 Å². The van der Waals surface area contributed by atoms with Crippen LogP contribution < -0.4 is 10.6 Å². The van der Waals surface area contributed by atoms with Gasteiger partial charge in [0.15, 0.2) is 12.6 Å². The number of amides is 2. The summed E-state index contributed by atoms with van der Waals surface area (Å²) in [6, 6.07) is -2.62. The van der Waals surface area contributed by atoms with Gasteiger partial charge in [0.1, 0.15) is 67.1 Å². The number of carbonyl (C=O) groups excluding carboxylic acids is 2. The third-order valence-corrected chi connectivity index (χ3v) is 20.1. The predicted octanol–water partition coefficient (Wildman–Crippen LogP) is 9.96. The highest BCUT2D eigenvalue weighted by Gasteiger charge is 2.60. The van der Waals surface area contributed by atoms with Crippen LogP contribution in [0.3, 0.4) is 0 Å². The van der Waals surface area contributed by atoms with Gasteiger partial charge in [0.25, 0.3) is 5.79 Å². The quantitative estimate of drug-likeness (QED) is 0.0199. The van der Waals surface area contributed by atoms with E-state index in [9.17, 15) is 75.7 Å². The zero-order valence-electron chi connectivity index (χ0n) is 61.8. The number of aliphatic hydroxyl groups excluding tert-OH is 11. The number of nitrogens with one attached hydrogen (secondary N) is 2. The summed E-state index contributed by atoms with van der Waals surface area (Å²) in [5.74, 6) is -6.14. The molecule has 3 aliphatic heterocycles. The topological polar surface area (TPSA) is 373 Å². The van der Waals surface area contributed by atoms with Crippen molar-refractivity contribution in [3.05, 3.63) is 24.3 Å². The normalized spacial score (nSPS) is 27.0. The standard InChI is InChI=1S/C77H142N2O21/c1-4-6-8-10-12-14-16-18-20-22-23-24-25-26-27-28-29-30-31-32-33-35-37-39-41-43-45-47-49-51-64(87)79-58(59(84)50-48-46-44-42-40-38-36-34-21-19-17-15-13-11-9-7-5-2)56-95-74-69(91)68(90)71(63(55-82)97-74)98-75-70(92)73(67(89)62(54-81)96-75)100-77(76(93)94)52-60(85)65(78-57(3)83)72(99-77)66(88)61(86)53-80/h26-27,48,50,58-63,65-75,80-82,84-86,88-92H,4-25,28-47,49,51-56H2,1-3H3,(H,78,83)(H,79,87)(H,93,94)/b27-26-,50-48+. The zero-order chi connectivity index (χ0) is 73.2. The molecule has 0 spiro atoms. The van der Waals surface area contributed by atoms with Crippen LogP contribution in [0.4, 0.5) is 0 Å². The van der Waals surface area contributed by atoms with Crippen molar-refractivity contribution in [2.45, 2.75) is 420 Å². The number of carboxylic acids is 1. The molecule has 3 heterocycles. The molecule has 0 aromatic carbocycles. The van der Waals surface area contributed by atoms with E-state index < -0.39 is 155 Å². The molecule has 23 heteroatoms. The van der Waals surface area contributed by atoms with Crippen molar-refractivity contribution in [2.24, 2.45) is 0 Å². The summed E-state index contributed by atoms with van der Waals surface area (Å²) in [6.07, 6.45) is 32.2. The minimum atomic E-state index is -3.08. The number of carbonyl (C=O) groups is 3. The highest BCUT2D eigenvalue weighted by molar-refractivity contribution is 5.77. The Morgan fingerprint density at radius 2 is 0.940 bits per heavy atom. The Kier molecular flexibility index (Phi) is 51.7. The molecule has 0 aromatic heterocycles. The average Bonchev–Trinajstić information content (AvgIpc) is 0.755. The molecule has 586 valence electrons. The molecular formula is C77H142N2O21. The number of ether oxygens (including phenoxy) is 6. The highest BCUT2D eigenvalue weighted by Crippen LogP contribution is 2.39.